The second-order valence-electron chi connectivity index (χ2n) is 4.54. The molecule has 0 spiro atoms. The molecule has 0 aliphatic rings. The summed E-state index contributed by atoms with van der Waals surface area (Å²) in [5, 5.41) is 0. The first-order chi connectivity index (χ1) is 10.7. The average Bonchev–Trinajstić information content (AvgIpc) is 2.45. The summed E-state index contributed by atoms with van der Waals surface area (Å²) in [6.45, 7) is 0. The lowest BCUT2D eigenvalue weighted by Gasteiger charge is -2.11. The van der Waals surface area contributed by atoms with Crippen LogP contribution in [0.4, 0.5) is 17.6 Å². The summed E-state index contributed by atoms with van der Waals surface area (Å²) in [5.74, 6) is -1.58. The normalized spacial score (nSPS) is 12.1. The van der Waals surface area contributed by atoms with E-state index in [0.717, 1.165) is 18.2 Å². The van der Waals surface area contributed by atoms with E-state index in [-0.39, 0.29) is 0 Å². The lowest BCUT2D eigenvalue weighted by Crippen LogP contribution is -2.17. The SMILES string of the molecule is NC(=O)C=C(c1ccc(F)cc1)c1ccc(OC(F)(F)F)cc1. The number of amides is 1. The zero-order valence-electron chi connectivity index (χ0n) is 11.6. The van der Waals surface area contributed by atoms with Crippen molar-refractivity contribution in [3.8, 4) is 5.75 Å². The van der Waals surface area contributed by atoms with Gasteiger partial charge in [0.05, 0.1) is 0 Å². The van der Waals surface area contributed by atoms with Crippen molar-refractivity contribution >= 4 is 11.5 Å². The average molecular weight is 325 g/mol. The van der Waals surface area contributed by atoms with Crippen LogP contribution in [-0.2, 0) is 4.79 Å². The minimum Gasteiger partial charge on any atom is -0.406 e. The van der Waals surface area contributed by atoms with Crippen LogP contribution in [0.5, 0.6) is 5.75 Å². The first-order valence-corrected chi connectivity index (χ1v) is 6.38. The Kier molecular flexibility index (Phi) is 4.68. The first kappa shape index (κ1) is 16.5. The van der Waals surface area contributed by atoms with Crippen molar-refractivity contribution in [1.29, 1.82) is 0 Å². The number of carbonyl (C=O) groups excluding carboxylic acids is 1. The van der Waals surface area contributed by atoms with Crippen molar-refractivity contribution < 1.29 is 27.1 Å². The summed E-state index contributed by atoms with van der Waals surface area (Å²) in [4.78, 5) is 11.2. The number of benzene rings is 2. The molecular weight excluding hydrogens is 314 g/mol. The molecule has 0 aromatic heterocycles. The van der Waals surface area contributed by atoms with Crippen molar-refractivity contribution in [3.05, 3.63) is 71.6 Å². The van der Waals surface area contributed by atoms with E-state index >= 15 is 0 Å². The molecule has 2 N–H and O–H groups in total. The maximum Gasteiger partial charge on any atom is 0.573 e. The fraction of sp³-hybridized carbons (Fsp3) is 0.0625. The Bertz CT molecular complexity index is 719. The number of halogens is 4. The summed E-state index contributed by atoms with van der Waals surface area (Å²) in [5.41, 5.74) is 6.44. The molecule has 2 aromatic rings. The summed E-state index contributed by atoms with van der Waals surface area (Å²) in [6, 6.07) is 10.2. The van der Waals surface area contributed by atoms with Gasteiger partial charge in [-0.15, -0.1) is 13.2 Å². The predicted octanol–water partition coefficient (Wildman–Crippen LogP) is 3.64. The van der Waals surface area contributed by atoms with E-state index in [4.69, 9.17) is 5.73 Å². The van der Waals surface area contributed by atoms with Gasteiger partial charge in [-0.05, 0) is 41.0 Å². The fourth-order valence-electron chi connectivity index (χ4n) is 1.94. The molecule has 0 bridgehead atoms. The molecule has 0 saturated carbocycles. The van der Waals surface area contributed by atoms with Gasteiger partial charge < -0.3 is 10.5 Å². The van der Waals surface area contributed by atoms with Gasteiger partial charge in [0.2, 0.25) is 5.91 Å². The molecule has 7 heteroatoms. The summed E-state index contributed by atoms with van der Waals surface area (Å²) >= 11 is 0. The molecule has 0 unspecified atom stereocenters. The van der Waals surface area contributed by atoms with E-state index in [1.54, 1.807) is 0 Å². The molecular formula is C16H11F4NO2. The highest BCUT2D eigenvalue weighted by Gasteiger charge is 2.31. The number of hydrogen-bond donors (Lipinski definition) is 1. The van der Waals surface area contributed by atoms with Crippen molar-refractivity contribution in [3.63, 3.8) is 0 Å². The third-order valence-corrected chi connectivity index (χ3v) is 2.84. The summed E-state index contributed by atoms with van der Waals surface area (Å²) < 4.78 is 53.2. The topological polar surface area (TPSA) is 52.3 Å². The highest BCUT2D eigenvalue weighted by atomic mass is 19.4. The molecule has 120 valence electrons. The Labute approximate surface area is 129 Å². The van der Waals surface area contributed by atoms with E-state index in [1.165, 1.54) is 36.4 Å². The lowest BCUT2D eigenvalue weighted by atomic mass is 9.97. The van der Waals surface area contributed by atoms with Crippen molar-refractivity contribution in [2.24, 2.45) is 5.73 Å². The molecule has 0 aliphatic heterocycles. The highest BCUT2D eigenvalue weighted by Crippen LogP contribution is 2.28. The van der Waals surface area contributed by atoms with E-state index < -0.39 is 23.8 Å². The number of carbonyl (C=O) groups is 1. The van der Waals surface area contributed by atoms with Crippen LogP contribution < -0.4 is 10.5 Å². The van der Waals surface area contributed by atoms with Gasteiger partial charge in [0.1, 0.15) is 11.6 Å². The molecule has 2 aromatic carbocycles. The highest BCUT2D eigenvalue weighted by molar-refractivity contribution is 5.98. The zero-order chi connectivity index (χ0) is 17.0. The van der Waals surface area contributed by atoms with Crippen LogP contribution in [0.2, 0.25) is 0 Å². The number of alkyl halides is 3. The van der Waals surface area contributed by atoms with Crippen molar-refractivity contribution in [2.75, 3.05) is 0 Å². The van der Waals surface area contributed by atoms with Crippen molar-refractivity contribution in [1.82, 2.24) is 0 Å². The third kappa shape index (κ3) is 4.84. The molecule has 2 rings (SSSR count). The summed E-state index contributed by atoms with van der Waals surface area (Å²) in [7, 11) is 0. The molecule has 23 heavy (non-hydrogen) atoms. The number of hydrogen-bond acceptors (Lipinski definition) is 2. The van der Waals surface area contributed by atoms with Crippen LogP contribution in [0.25, 0.3) is 5.57 Å². The molecule has 1 amide bonds. The lowest BCUT2D eigenvalue weighted by molar-refractivity contribution is -0.274. The zero-order valence-corrected chi connectivity index (χ0v) is 11.6. The van der Waals surface area contributed by atoms with Gasteiger partial charge in [-0.25, -0.2) is 4.39 Å². The smallest absolute Gasteiger partial charge is 0.406 e. The van der Waals surface area contributed by atoms with Crippen LogP contribution in [0.15, 0.2) is 54.6 Å². The van der Waals surface area contributed by atoms with Gasteiger partial charge in [-0.2, -0.15) is 0 Å². The largest absolute Gasteiger partial charge is 0.573 e. The maximum absolute atomic E-state index is 13.0. The number of rotatable bonds is 4. The summed E-state index contributed by atoms with van der Waals surface area (Å²) in [6.07, 6.45) is -3.67. The van der Waals surface area contributed by atoms with Crippen molar-refractivity contribution in [2.45, 2.75) is 6.36 Å². The van der Waals surface area contributed by atoms with Crippen LogP contribution in [0.1, 0.15) is 11.1 Å². The number of ether oxygens (including phenoxy) is 1. The first-order valence-electron chi connectivity index (χ1n) is 6.38. The number of nitrogens with two attached hydrogens (primary N) is 1. The van der Waals surface area contributed by atoms with Crippen LogP contribution in [0, 0.1) is 5.82 Å². The monoisotopic (exact) mass is 325 g/mol. The Morgan fingerprint density at radius 2 is 1.43 bits per heavy atom. The van der Waals surface area contributed by atoms with E-state index in [0.29, 0.717) is 16.7 Å². The fourth-order valence-corrected chi connectivity index (χ4v) is 1.94. The van der Waals surface area contributed by atoms with Gasteiger partial charge in [-0.3, -0.25) is 4.79 Å². The van der Waals surface area contributed by atoms with E-state index in [1.807, 2.05) is 0 Å². The minimum atomic E-state index is -4.79. The van der Waals surface area contributed by atoms with Gasteiger partial charge in [0, 0.05) is 6.08 Å². The maximum atomic E-state index is 13.0. The Morgan fingerprint density at radius 3 is 1.87 bits per heavy atom. The van der Waals surface area contributed by atoms with Crippen LogP contribution in [-0.4, -0.2) is 12.3 Å². The Balaban J connectivity index is 2.37. The van der Waals surface area contributed by atoms with Crippen LogP contribution >= 0.6 is 0 Å². The standard InChI is InChI=1S/C16H11F4NO2/c17-12-5-1-10(2-6-12)14(9-15(21)22)11-3-7-13(8-4-11)23-16(18,19)20/h1-9H,(H2,21,22). The van der Waals surface area contributed by atoms with Gasteiger partial charge in [-0.1, -0.05) is 24.3 Å². The second kappa shape index (κ2) is 6.51. The van der Waals surface area contributed by atoms with E-state index in [9.17, 15) is 22.4 Å². The molecule has 0 atom stereocenters. The molecule has 0 radical (unpaired) electrons. The van der Waals surface area contributed by atoms with Gasteiger partial charge in [0.25, 0.3) is 0 Å². The molecule has 3 nitrogen and oxygen atoms in total. The molecule has 0 fully saturated rings. The van der Waals surface area contributed by atoms with Crippen LogP contribution in [0.3, 0.4) is 0 Å². The van der Waals surface area contributed by atoms with E-state index in [2.05, 4.69) is 4.74 Å². The predicted molar refractivity (Wildman–Crippen MR) is 75.8 cm³/mol. The Hall–Kier alpha value is -2.83. The minimum absolute atomic E-state index is 0.357. The third-order valence-electron chi connectivity index (χ3n) is 2.84. The molecule has 0 aliphatic carbocycles. The number of primary amides is 1. The molecule has 0 saturated heterocycles. The van der Waals surface area contributed by atoms with Gasteiger partial charge in [0.15, 0.2) is 0 Å². The quantitative estimate of drug-likeness (QED) is 0.689. The second-order valence-corrected chi connectivity index (χ2v) is 4.54. The molecule has 0 heterocycles. The Morgan fingerprint density at radius 1 is 0.957 bits per heavy atom. The van der Waals surface area contributed by atoms with Gasteiger partial charge >= 0.3 is 6.36 Å².